The van der Waals surface area contributed by atoms with Crippen LogP contribution in [0, 0.1) is 6.92 Å². The van der Waals surface area contributed by atoms with Gasteiger partial charge in [-0.05, 0) is 24.5 Å². The Morgan fingerprint density at radius 1 is 1.30 bits per heavy atom. The van der Waals surface area contributed by atoms with Crippen molar-refractivity contribution in [3.05, 3.63) is 51.3 Å². The molecule has 6 heteroatoms. The number of carbonyl (C=O) groups excluding carboxylic acids is 1. The molecule has 23 heavy (non-hydrogen) atoms. The fraction of sp³-hybridized carbons (Fsp3) is 0.353. The van der Waals surface area contributed by atoms with Crippen LogP contribution in [0.1, 0.15) is 42.4 Å². The molecule has 1 aromatic carbocycles. The van der Waals surface area contributed by atoms with Crippen LogP contribution in [-0.2, 0) is 4.79 Å². The zero-order valence-electron chi connectivity index (χ0n) is 13.2. The van der Waals surface area contributed by atoms with Gasteiger partial charge < -0.3 is 10.3 Å². The summed E-state index contributed by atoms with van der Waals surface area (Å²) in [4.78, 5) is 32.0. The minimum Gasteiger partial charge on any atom is -0.310 e. The van der Waals surface area contributed by atoms with E-state index in [-0.39, 0.29) is 23.8 Å². The number of benzene rings is 1. The van der Waals surface area contributed by atoms with E-state index in [1.807, 2.05) is 31.2 Å². The van der Waals surface area contributed by atoms with Crippen LogP contribution in [0.3, 0.4) is 0 Å². The van der Waals surface area contributed by atoms with Gasteiger partial charge in [-0.25, -0.2) is 4.98 Å². The van der Waals surface area contributed by atoms with Gasteiger partial charge in [-0.2, -0.15) is 0 Å². The fourth-order valence-corrected chi connectivity index (χ4v) is 3.58. The molecule has 0 fully saturated rings. The van der Waals surface area contributed by atoms with Crippen molar-refractivity contribution in [1.82, 2.24) is 9.97 Å². The maximum absolute atomic E-state index is 12.6. The van der Waals surface area contributed by atoms with E-state index in [0.717, 1.165) is 23.3 Å². The van der Waals surface area contributed by atoms with Gasteiger partial charge in [0.15, 0.2) is 5.16 Å². The molecule has 0 saturated heterocycles. The number of aromatic amines is 1. The van der Waals surface area contributed by atoms with Gasteiger partial charge in [-0.15, -0.1) is 0 Å². The van der Waals surface area contributed by atoms with E-state index < -0.39 is 0 Å². The van der Waals surface area contributed by atoms with Gasteiger partial charge in [0.2, 0.25) is 5.91 Å². The molecule has 5 nitrogen and oxygen atoms in total. The SMILES string of the molecule is CCCSc1nc2c(c(=O)[nH]1)C(c1ccccc1C)CC(=O)N2. The van der Waals surface area contributed by atoms with Crippen LogP contribution in [0.2, 0.25) is 0 Å². The largest absolute Gasteiger partial charge is 0.310 e. The standard InChI is InChI=1S/C17H19N3O2S/c1-3-8-23-17-19-15-14(16(22)20-17)12(9-13(21)18-15)11-7-5-4-6-10(11)2/h4-7,12H,3,8-9H2,1-2H3,(H2,18,19,20,21,22). The molecule has 2 N–H and O–H groups in total. The predicted octanol–water partition coefficient (Wildman–Crippen LogP) is 3.05. The lowest BCUT2D eigenvalue weighted by Crippen LogP contribution is -2.31. The summed E-state index contributed by atoms with van der Waals surface area (Å²) in [6.45, 7) is 4.06. The second-order valence-electron chi connectivity index (χ2n) is 5.64. The second-order valence-corrected chi connectivity index (χ2v) is 6.73. The molecule has 1 amide bonds. The summed E-state index contributed by atoms with van der Waals surface area (Å²) in [5.41, 5.74) is 2.47. The zero-order valence-corrected chi connectivity index (χ0v) is 14.0. The molecule has 0 bridgehead atoms. The van der Waals surface area contributed by atoms with Gasteiger partial charge in [0.1, 0.15) is 5.82 Å². The van der Waals surface area contributed by atoms with Crippen molar-refractivity contribution in [3.8, 4) is 0 Å². The van der Waals surface area contributed by atoms with E-state index in [1.54, 1.807) is 0 Å². The first-order chi connectivity index (χ1) is 11.1. The lowest BCUT2D eigenvalue weighted by molar-refractivity contribution is -0.116. The summed E-state index contributed by atoms with van der Waals surface area (Å²) in [6, 6.07) is 7.85. The van der Waals surface area contributed by atoms with Crippen LogP contribution in [0.15, 0.2) is 34.2 Å². The summed E-state index contributed by atoms with van der Waals surface area (Å²) in [6.07, 6.45) is 1.26. The van der Waals surface area contributed by atoms with E-state index in [0.29, 0.717) is 16.5 Å². The molecule has 120 valence electrons. The Morgan fingerprint density at radius 3 is 2.83 bits per heavy atom. The first-order valence-electron chi connectivity index (χ1n) is 7.72. The van der Waals surface area contributed by atoms with Crippen LogP contribution in [0.4, 0.5) is 5.82 Å². The Hall–Kier alpha value is -2.08. The number of hydrogen-bond donors (Lipinski definition) is 2. The summed E-state index contributed by atoms with van der Waals surface area (Å²) < 4.78 is 0. The predicted molar refractivity (Wildman–Crippen MR) is 92.1 cm³/mol. The minimum atomic E-state index is -0.249. The third kappa shape index (κ3) is 3.17. The van der Waals surface area contributed by atoms with Gasteiger partial charge in [-0.1, -0.05) is 43.0 Å². The van der Waals surface area contributed by atoms with Crippen molar-refractivity contribution < 1.29 is 4.79 Å². The normalized spacial score (nSPS) is 16.8. The molecule has 1 aliphatic rings. The minimum absolute atomic E-state index is 0.102. The van der Waals surface area contributed by atoms with Crippen LogP contribution in [0.5, 0.6) is 0 Å². The Labute approximate surface area is 138 Å². The Balaban J connectivity index is 2.09. The highest BCUT2D eigenvalue weighted by Crippen LogP contribution is 2.35. The van der Waals surface area contributed by atoms with Crippen molar-refractivity contribution >= 4 is 23.5 Å². The van der Waals surface area contributed by atoms with Gasteiger partial charge >= 0.3 is 0 Å². The van der Waals surface area contributed by atoms with E-state index in [2.05, 4.69) is 22.2 Å². The number of H-pyrrole nitrogens is 1. The Kier molecular flexibility index (Phi) is 4.52. The number of thioether (sulfide) groups is 1. The first-order valence-corrected chi connectivity index (χ1v) is 8.71. The lowest BCUT2D eigenvalue weighted by Gasteiger charge is -2.25. The molecule has 0 spiro atoms. The summed E-state index contributed by atoms with van der Waals surface area (Å²) in [5.74, 6) is 0.922. The maximum Gasteiger partial charge on any atom is 0.257 e. The summed E-state index contributed by atoms with van der Waals surface area (Å²) in [5, 5.41) is 3.31. The van der Waals surface area contributed by atoms with Gasteiger partial charge in [0, 0.05) is 18.1 Å². The molecule has 2 aromatic rings. The number of nitrogens with one attached hydrogen (secondary N) is 2. The van der Waals surface area contributed by atoms with Crippen molar-refractivity contribution in [3.63, 3.8) is 0 Å². The van der Waals surface area contributed by atoms with Crippen molar-refractivity contribution in [2.24, 2.45) is 0 Å². The quantitative estimate of drug-likeness (QED) is 0.668. The molecular formula is C17H19N3O2S. The molecule has 0 radical (unpaired) electrons. The topological polar surface area (TPSA) is 74.8 Å². The average molecular weight is 329 g/mol. The van der Waals surface area contributed by atoms with Crippen molar-refractivity contribution in [2.45, 2.75) is 37.8 Å². The van der Waals surface area contributed by atoms with Gasteiger partial charge in [0.25, 0.3) is 5.56 Å². The third-order valence-electron chi connectivity index (χ3n) is 3.94. The van der Waals surface area contributed by atoms with Crippen molar-refractivity contribution in [1.29, 1.82) is 0 Å². The highest BCUT2D eigenvalue weighted by molar-refractivity contribution is 7.99. The Bertz CT molecular complexity index is 801. The smallest absolute Gasteiger partial charge is 0.257 e. The fourth-order valence-electron chi connectivity index (χ4n) is 2.86. The molecule has 1 atom stereocenters. The van der Waals surface area contributed by atoms with Gasteiger partial charge in [0.05, 0.1) is 5.56 Å². The molecule has 0 saturated carbocycles. The second kappa shape index (κ2) is 6.58. The number of rotatable bonds is 4. The van der Waals surface area contributed by atoms with Crippen molar-refractivity contribution in [2.75, 3.05) is 11.1 Å². The number of hydrogen-bond acceptors (Lipinski definition) is 4. The van der Waals surface area contributed by atoms with Crippen LogP contribution in [0.25, 0.3) is 0 Å². The van der Waals surface area contributed by atoms with E-state index in [1.165, 1.54) is 11.8 Å². The number of fused-ring (bicyclic) bond motifs is 1. The number of carbonyl (C=O) groups is 1. The summed E-state index contributed by atoms with van der Waals surface area (Å²) >= 11 is 1.49. The molecule has 1 unspecified atom stereocenters. The van der Waals surface area contributed by atoms with Crippen LogP contribution < -0.4 is 10.9 Å². The maximum atomic E-state index is 12.6. The molecule has 2 heterocycles. The average Bonchev–Trinajstić information content (AvgIpc) is 2.52. The van der Waals surface area contributed by atoms with E-state index in [9.17, 15) is 9.59 Å². The van der Waals surface area contributed by atoms with Crippen LogP contribution >= 0.6 is 11.8 Å². The number of aryl methyl sites for hydroxylation is 1. The molecule has 1 aromatic heterocycles. The molecule has 0 aliphatic carbocycles. The molecule has 1 aliphatic heterocycles. The monoisotopic (exact) mass is 329 g/mol. The Morgan fingerprint density at radius 2 is 2.09 bits per heavy atom. The lowest BCUT2D eigenvalue weighted by atomic mass is 9.84. The number of aromatic nitrogens is 2. The summed E-state index contributed by atoms with van der Waals surface area (Å²) in [7, 11) is 0. The van der Waals surface area contributed by atoms with E-state index >= 15 is 0 Å². The highest BCUT2D eigenvalue weighted by Gasteiger charge is 2.31. The zero-order chi connectivity index (χ0) is 16.4. The number of anilines is 1. The molecule has 3 rings (SSSR count). The number of nitrogens with zero attached hydrogens (tertiary/aromatic N) is 1. The van der Waals surface area contributed by atoms with E-state index in [4.69, 9.17) is 0 Å². The molecular weight excluding hydrogens is 310 g/mol. The van der Waals surface area contributed by atoms with Gasteiger partial charge in [-0.3, -0.25) is 9.59 Å². The highest BCUT2D eigenvalue weighted by atomic mass is 32.2. The van der Waals surface area contributed by atoms with Crippen LogP contribution in [-0.4, -0.2) is 21.6 Å². The third-order valence-corrected chi connectivity index (χ3v) is 5.02. The first kappa shape index (κ1) is 15.8. The number of amides is 1.